The average molecular weight is 564 g/mol. The minimum atomic E-state index is -4.16. The summed E-state index contributed by atoms with van der Waals surface area (Å²) in [7, 11) is -4.16. The lowest BCUT2D eigenvalue weighted by molar-refractivity contribution is -0.384. The summed E-state index contributed by atoms with van der Waals surface area (Å²) in [5.41, 5.74) is 0.414. The van der Waals surface area contributed by atoms with Crippen LogP contribution in [-0.2, 0) is 19.6 Å². The average Bonchev–Trinajstić information content (AvgIpc) is 2.94. The fourth-order valence-electron chi connectivity index (χ4n) is 3.69. The van der Waals surface area contributed by atoms with E-state index in [9.17, 15) is 32.5 Å². The molecular weight excluding hydrogens is 541 g/mol. The zero-order valence-corrected chi connectivity index (χ0v) is 21.7. The number of halogens is 1. The Labute approximate surface area is 228 Å². The highest BCUT2D eigenvalue weighted by Crippen LogP contribution is 2.28. The SMILES string of the molecule is Cc1ccc(NC(=O)[C@@H](OC(=O)c2cccc(S(=O)(=O)Nc3ccc(F)cc3)c2)c2ccccc2)c([N+](=O)[O-])c1. The van der Waals surface area contributed by atoms with E-state index in [2.05, 4.69) is 10.0 Å². The number of sulfonamides is 1. The molecule has 1 atom stereocenters. The number of benzene rings is 4. The quantitative estimate of drug-likeness (QED) is 0.158. The maximum absolute atomic E-state index is 13.2. The van der Waals surface area contributed by atoms with E-state index in [0.29, 0.717) is 5.56 Å². The largest absolute Gasteiger partial charge is 0.444 e. The van der Waals surface area contributed by atoms with Crippen molar-refractivity contribution in [1.29, 1.82) is 0 Å². The van der Waals surface area contributed by atoms with Gasteiger partial charge >= 0.3 is 5.97 Å². The highest BCUT2D eigenvalue weighted by Gasteiger charge is 2.28. The third kappa shape index (κ3) is 6.66. The second-order valence-corrected chi connectivity index (χ2v) is 10.3. The third-order valence-corrected chi connectivity index (χ3v) is 7.03. The molecule has 1 amide bonds. The predicted octanol–water partition coefficient (Wildman–Crippen LogP) is 5.38. The number of ether oxygens (including phenoxy) is 1. The van der Waals surface area contributed by atoms with Crippen LogP contribution in [0.15, 0.2) is 102 Å². The summed E-state index contributed by atoms with van der Waals surface area (Å²) in [4.78, 5) is 36.9. The maximum atomic E-state index is 13.2. The molecule has 0 aliphatic carbocycles. The first-order valence-corrected chi connectivity index (χ1v) is 13.2. The molecule has 0 unspecified atom stereocenters. The standard InChI is InChI=1S/C28H22FN3O7S/c1-18-10-15-24(25(16-18)32(35)36)30-27(33)26(19-6-3-2-4-7-19)39-28(34)20-8-5-9-23(17-20)40(37,38)31-22-13-11-21(29)12-14-22/h2-17,26,31H,1H3,(H,30,33)/t26-/m0/s1. The Bertz CT molecular complexity index is 1680. The number of carbonyl (C=O) groups excluding carboxylic acids is 2. The van der Waals surface area contributed by atoms with E-state index >= 15 is 0 Å². The number of anilines is 2. The highest BCUT2D eigenvalue weighted by atomic mass is 32.2. The molecule has 204 valence electrons. The minimum Gasteiger partial charge on any atom is -0.444 e. The Morgan fingerprint density at radius 1 is 0.925 bits per heavy atom. The molecule has 0 aromatic heterocycles. The van der Waals surface area contributed by atoms with Gasteiger partial charge in [0.25, 0.3) is 21.6 Å². The molecule has 0 fully saturated rings. The molecule has 4 rings (SSSR count). The highest BCUT2D eigenvalue weighted by molar-refractivity contribution is 7.92. The first kappa shape index (κ1) is 27.9. The summed E-state index contributed by atoms with van der Waals surface area (Å²) < 4.78 is 46.7. The summed E-state index contributed by atoms with van der Waals surface area (Å²) in [6.07, 6.45) is -1.52. The monoisotopic (exact) mass is 563 g/mol. The fraction of sp³-hybridized carbons (Fsp3) is 0.0714. The predicted molar refractivity (Wildman–Crippen MR) is 145 cm³/mol. The van der Waals surface area contributed by atoms with Crippen LogP contribution in [0, 0.1) is 22.9 Å². The van der Waals surface area contributed by atoms with Gasteiger partial charge in [-0.25, -0.2) is 17.6 Å². The van der Waals surface area contributed by atoms with Gasteiger partial charge in [0.15, 0.2) is 0 Å². The van der Waals surface area contributed by atoms with Crippen molar-refractivity contribution in [3.8, 4) is 0 Å². The van der Waals surface area contributed by atoms with E-state index in [4.69, 9.17) is 4.74 Å². The van der Waals surface area contributed by atoms with Gasteiger partial charge in [-0.15, -0.1) is 0 Å². The fourth-order valence-corrected chi connectivity index (χ4v) is 4.80. The van der Waals surface area contributed by atoms with Gasteiger partial charge in [-0.3, -0.25) is 19.6 Å². The zero-order chi connectivity index (χ0) is 28.9. The van der Waals surface area contributed by atoms with Crippen LogP contribution in [0.5, 0.6) is 0 Å². The van der Waals surface area contributed by atoms with Gasteiger partial charge in [0.05, 0.1) is 15.4 Å². The summed E-state index contributed by atoms with van der Waals surface area (Å²) in [5.74, 6) is -2.41. The van der Waals surface area contributed by atoms with Crippen molar-refractivity contribution in [3.63, 3.8) is 0 Å². The van der Waals surface area contributed by atoms with Gasteiger partial charge in [-0.05, 0) is 61.0 Å². The van der Waals surface area contributed by atoms with Gasteiger partial charge in [0.2, 0.25) is 6.10 Å². The Morgan fingerprint density at radius 2 is 1.62 bits per heavy atom. The maximum Gasteiger partial charge on any atom is 0.339 e. The molecule has 2 N–H and O–H groups in total. The number of hydrogen-bond acceptors (Lipinski definition) is 7. The molecule has 0 heterocycles. The molecule has 12 heteroatoms. The van der Waals surface area contributed by atoms with Gasteiger partial charge in [-0.1, -0.05) is 42.5 Å². The zero-order valence-electron chi connectivity index (χ0n) is 20.9. The summed E-state index contributed by atoms with van der Waals surface area (Å²) in [6, 6.07) is 21.9. The first-order valence-electron chi connectivity index (χ1n) is 11.7. The summed E-state index contributed by atoms with van der Waals surface area (Å²) in [5, 5.41) is 14.0. The lowest BCUT2D eigenvalue weighted by Crippen LogP contribution is -2.26. The lowest BCUT2D eigenvalue weighted by atomic mass is 10.1. The van der Waals surface area contributed by atoms with Crippen LogP contribution in [0.4, 0.5) is 21.5 Å². The van der Waals surface area contributed by atoms with Crippen molar-refractivity contribution < 1.29 is 32.1 Å². The van der Waals surface area contributed by atoms with E-state index in [-0.39, 0.29) is 33.1 Å². The first-order chi connectivity index (χ1) is 19.0. The Hall–Kier alpha value is -5.10. The van der Waals surface area contributed by atoms with Gasteiger partial charge < -0.3 is 10.1 Å². The molecule has 0 saturated heterocycles. The van der Waals surface area contributed by atoms with Crippen LogP contribution in [0.2, 0.25) is 0 Å². The Kier molecular flexibility index (Phi) is 8.20. The molecule has 0 radical (unpaired) electrons. The van der Waals surface area contributed by atoms with Crippen LogP contribution in [0.3, 0.4) is 0 Å². The van der Waals surface area contributed by atoms with Crippen LogP contribution in [0.1, 0.15) is 27.6 Å². The molecule has 0 bridgehead atoms. The number of nitrogens with one attached hydrogen (secondary N) is 2. The third-order valence-electron chi connectivity index (χ3n) is 5.65. The van der Waals surface area contributed by atoms with Crippen LogP contribution in [0.25, 0.3) is 0 Å². The number of hydrogen-bond donors (Lipinski definition) is 2. The molecule has 0 aliphatic rings. The second kappa shape index (κ2) is 11.7. The normalized spacial score (nSPS) is 11.8. The minimum absolute atomic E-state index is 0.0856. The van der Waals surface area contributed by atoms with E-state index in [0.717, 1.165) is 18.2 Å². The number of amides is 1. The van der Waals surface area contributed by atoms with E-state index in [1.54, 1.807) is 31.2 Å². The van der Waals surface area contributed by atoms with E-state index in [1.165, 1.54) is 54.6 Å². The van der Waals surface area contributed by atoms with Crippen LogP contribution in [-0.4, -0.2) is 25.2 Å². The number of esters is 1. The Balaban J connectivity index is 1.59. The van der Waals surface area contributed by atoms with E-state index in [1.807, 2.05) is 0 Å². The van der Waals surface area contributed by atoms with Crippen molar-refractivity contribution in [1.82, 2.24) is 0 Å². The van der Waals surface area contributed by atoms with Crippen LogP contribution < -0.4 is 10.0 Å². The molecule has 4 aromatic carbocycles. The number of nitro groups is 1. The number of carbonyl (C=O) groups is 2. The van der Waals surface area contributed by atoms with Crippen molar-refractivity contribution in [2.45, 2.75) is 17.9 Å². The van der Waals surface area contributed by atoms with Crippen LogP contribution >= 0.6 is 0 Å². The number of nitro benzene ring substituents is 1. The van der Waals surface area contributed by atoms with Gasteiger partial charge in [0.1, 0.15) is 11.5 Å². The van der Waals surface area contributed by atoms with Crippen molar-refractivity contribution in [2.24, 2.45) is 0 Å². The summed E-state index contributed by atoms with van der Waals surface area (Å²) in [6.45, 7) is 1.66. The molecule has 0 aliphatic heterocycles. The Morgan fingerprint density at radius 3 is 2.30 bits per heavy atom. The molecule has 0 saturated carbocycles. The van der Waals surface area contributed by atoms with Crippen molar-refractivity contribution in [2.75, 3.05) is 10.0 Å². The molecule has 0 spiro atoms. The number of rotatable bonds is 9. The van der Waals surface area contributed by atoms with Gasteiger partial charge in [0, 0.05) is 17.3 Å². The second-order valence-electron chi connectivity index (χ2n) is 8.60. The molecular formula is C28H22FN3O7S. The van der Waals surface area contributed by atoms with E-state index < -0.39 is 38.7 Å². The smallest absolute Gasteiger partial charge is 0.339 e. The molecule has 40 heavy (non-hydrogen) atoms. The molecule has 4 aromatic rings. The van der Waals surface area contributed by atoms with Gasteiger partial charge in [-0.2, -0.15) is 0 Å². The van der Waals surface area contributed by atoms with Crippen molar-refractivity contribution >= 4 is 39.0 Å². The lowest BCUT2D eigenvalue weighted by Gasteiger charge is -2.18. The summed E-state index contributed by atoms with van der Waals surface area (Å²) >= 11 is 0. The topological polar surface area (TPSA) is 145 Å². The number of aryl methyl sites for hydroxylation is 1. The number of nitrogens with zero attached hydrogens (tertiary/aromatic N) is 1. The van der Waals surface area contributed by atoms with Crippen molar-refractivity contribution in [3.05, 3.63) is 130 Å². The molecule has 10 nitrogen and oxygen atoms in total.